The molecule has 1 aromatic rings. The van der Waals surface area contributed by atoms with E-state index >= 15 is 0 Å². The molecule has 2 aliphatic rings. The van der Waals surface area contributed by atoms with E-state index in [1.54, 1.807) is 13.2 Å². The zero-order valence-corrected chi connectivity index (χ0v) is 13.1. The van der Waals surface area contributed by atoms with Gasteiger partial charge in [-0.3, -0.25) is 10.1 Å². The van der Waals surface area contributed by atoms with E-state index in [0.717, 1.165) is 12.8 Å². The second kappa shape index (κ2) is 5.76. The molecule has 1 heterocycles. The highest BCUT2D eigenvalue weighted by Crippen LogP contribution is 2.44. The summed E-state index contributed by atoms with van der Waals surface area (Å²) in [6.07, 6.45) is 4.45. The van der Waals surface area contributed by atoms with Crippen LogP contribution >= 0.6 is 0 Å². The third-order valence-electron chi connectivity index (χ3n) is 4.86. The lowest BCUT2D eigenvalue weighted by atomic mass is 9.68. The lowest BCUT2D eigenvalue weighted by Gasteiger charge is -2.52. The van der Waals surface area contributed by atoms with Crippen molar-refractivity contribution in [3.63, 3.8) is 0 Å². The van der Waals surface area contributed by atoms with Gasteiger partial charge in [0.25, 0.3) is 5.69 Å². The summed E-state index contributed by atoms with van der Waals surface area (Å²) in [5.41, 5.74) is 0.519. The fourth-order valence-corrected chi connectivity index (χ4v) is 3.79. The van der Waals surface area contributed by atoms with Crippen LogP contribution < -0.4 is 9.47 Å². The van der Waals surface area contributed by atoms with Crippen LogP contribution in [0.1, 0.15) is 25.7 Å². The monoisotopic (exact) mass is 306 g/mol. The average Bonchev–Trinajstić information content (AvgIpc) is 2.48. The van der Waals surface area contributed by atoms with Crippen molar-refractivity contribution < 1.29 is 14.4 Å². The van der Waals surface area contributed by atoms with Gasteiger partial charge in [-0.05, 0) is 44.2 Å². The lowest BCUT2D eigenvalue weighted by molar-refractivity contribution is -0.385. The third kappa shape index (κ3) is 2.88. The molecule has 0 amide bonds. The Kier molecular flexibility index (Phi) is 3.95. The van der Waals surface area contributed by atoms with Gasteiger partial charge in [0.15, 0.2) is 11.5 Å². The van der Waals surface area contributed by atoms with Gasteiger partial charge in [-0.1, -0.05) is 0 Å². The molecule has 6 heteroatoms. The zero-order chi connectivity index (χ0) is 15.7. The second-order valence-corrected chi connectivity index (χ2v) is 6.58. The van der Waals surface area contributed by atoms with Crippen LogP contribution in [0, 0.1) is 15.5 Å². The topological polar surface area (TPSA) is 64.8 Å². The van der Waals surface area contributed by atoms with E-state index in [0.29, 0.717) is 16.9 Å². The van der Waals surface area contributed by atoms with Crippen molar-refractivity contribution in [2.75, 3.05) is 27.2 Å². The van der Waals surface area contributed by atoms with Crippen LogP contribution in [0.15, 0.2) is 18.2 Å². The third-order valence-corrected chi connectivity index (χ3v) is 4.86. The Morgan fingerprint density at radius 1 is 1.27 bits per heavy atom. The van der Waals surface area contributed by atoms with E-state index in [9.17, 15) is 10.1 Å². The molecule has 0 atom stereocenters. The minimum Gasteiger partial charge on any atom is -0.493 e. The highest BCUT2D eigenvalue weighted by molar-refractivity contribution is 5.48. The number of ether oxygens (including phenoxy) is 2. The number of nitro groups is 1. The van der Waals surface area contributed by atoms with E-state index in [4.69, 9.17) is 9.47 Å². The molecule has 0 bridgehead atoms. The fourth-order valence-electron chi connectivity index (χ4n) is 3.79. The van der Waals surface area contributed by atoms with Gasteiger partial charge in [0, 0.05) is 19.2 Å². The molecule has 1 spiro atoms. The zero-order valence-electron chi connectivity index (χ0n) is 13.1. The van der Waals surface area contributed by atoms with Crippen LogP contribution in [0.2, 0.25) is 0 Å². The van der Waals surface area contributed by atoms with Gasteiger partial charge < -0.3 is 14.4 Å². The van der Waals surface area contributed by atoms with E-state index < -0.39 is 4.92 Å². The summed E-state index contributed by atoms with van der Waals surface area (Å²) in [7, 11) is 3.70. The Morgan fingerprint density at radius 2 is 1.95 bits per heavy atom. The number of likely N-dealkylation sites (tertiary alicyclic amines) is 1. The van der Waals surface area contributed by atoms with Gasteiger partial charge in [-0.2, -0.15) is 0 Å². The fraction of sp³-hybridized carbons (Fsp3) is 0.625. The molecule has 2 fully saturated rings. The molecule has 3 rings (SSSR count). The SMILES string of the molecule is COc1ccc([N+](=O)[O-])cc1OC1CCC2(CC1)CN(C)C2. The van der Waals surface area contributed by atoms with Gasteiger partial charge in [-0.15, -0.1) is 0 Å². The normalized spacial score (nSPS) is 21.4. The van der Waals surface area contributed by atoms with Crippen LogP contribution in [0.3, 0.4) is 0 Å². The van der Waals surface area contributed by atoms with Gasteiger partial charge in [-0.25, -0.2) is 0 Å². The van der Waals surface area contributed by atoms with Crippen molar-refractivity contribution in [1.29, 1.82) is 0 Å². The van der Waals surface area contributed by atoms with Crippen molar-refractivity contribution >= 4 is 5.69 Å². The van der Waals surface area contributed by atoms with Gasteiger partial charge in [0.1, 0.15) is 0 Å². The van der Waals surface area contributed by atoms with Gasteiger partial charge in [0.2, 0.25) is 0 Å². The molecular formula is C16H22N2O4. The minimum absolute atomic E-state index is 0.0312. The van der Waals surface area contributed by atoms with E-state index in [1.807, 2.05) is 0 Å². The van der Waals surface area contributed by atoms with Crippen molar-refractivity contribution in [1.82, 2.24) is 4.90 Å². The molecule has 0 radical (unpaired) electrons. The van der Waals surface area contributed by atoms with E-state index in [1.165, 1.54) is 38.1 Å². The first-order valence-electron chi connectivity index (χ1n) is 7.69. The summed E-state index contributed by atoms with van der Waals surface area (Å²) >= 11 is 0. The maximum Gasteiger partial charge on any atom is 0.273 e. The predicted octanol–water partition coefficient (Wildman–Crippen LogP) is 2.86. The minimum atomic E-state index is -0.410. The van der Waals surface area contributed by atoms with Gasteiger partial charge in [0.05, 0.1) is 24.2 Å². The van der Waals surface area contributed by atoms with Crippen LogP contribution in [0.4, 0.5) is 5.69 Å². The van der Waals surface area contributed by atoms with Crippen molar-refractivity contribution in [3.05, 3.63) is 28.3 Å². The number of rotatable bonds is 4. The van der Waals surface area contributed by atoms with E-state index in [-0.39, 0.29) is 11.8 Å². The predicted molar refractivity (Wildman–Crippen MR) is 82.5 cm³/mol. The van der Waals surface area contributed by atoms with Crippen molar-refractivity contribution in [2.45, 2.75) is 31.8 Å². The number of non-ortho nitro benzene ring substituents is 1. The smallest absolute Gasteiger partial charge is 0.273 e. The lowest BCUT2D eigenvalue weighted by Crippen LogP contribution is -2.56. The van der Waals surface area contributed by atoms with Gasteiger partial charge >= 0.3 is 0 Å². The standard InChI is InChI=1S/C16H22N2O4/c1-17-10-16(11-17)7-5-13(6-8-16)22-15-9-12(18(19)20)3-4-14(15)21-2/h3-4,9,13H,5-8,10-11H2,1-2H3. The number of hydrogen-bond acceptors (Lipinski definition) is 5. The maximum absolute atomic E-state index is 10.9. The summed E-state index contributed by atoms with van der Waals surface area (Å²) in [5, 5.41) is 10.9. The Hall–Kier alpha value is -1.82. The van der Waals surface area contributed by atoms with Crippen molar-refractivity contribution in [2.24, 2.45) is 5.41 Å². The largest absolute Gasteiger partial charge is 0.493 e. The summed E-state index contributed by atoms with van der Waals surface area (Å²) in [6.45, 7) is 2.36. The molecule has 0 aromatic heterocycles. The Balaban J connectivity index is 1.66. The molecule has 22 heavy (non-hydrogen) atoms. The summed E-state index contributed by atoms with van der Waals surface area (Å²) in [6, 6.07) is 4.49. The van der Waals surface area contributed by atoms with Crippen LogP contribution in [0.25, 0.3) is 0 Å². The highest BCUT2D eigenvalue weighted by Gasteiger charge is 2.43. The Labute approximate surface area is 130 Å². The molecule has 1 aliphatic heterocycles. The molecule has 0 unspecified atom stereocenters. The number of benzene rings is 1. The molecular weight excluding hydrogens is 284 g/mol. The second-order valence-electron chi connectivity index (χ2n) is 6.58. The van der Waals surface area contributed by atoms with Crippen molar-refractivity contribution in [3.8, 4) is 11.5 Å². The number of nitro benzene ring substituents is 1. The molecule has 1 aromatic carbocycles. The molecule has 1 saturated carbocycles. The first-order valence-corrected chi connectivity index (χ1v) is 7.69. The summed E-state index contributed by atoms with van der Waals surface area (Å²) in [5.74, 6) is 1.03. The average molecular weight is 306 g/mol. The van der Waals surface area contributed by atoms with Crippen LogP contribution in [-0.4, -0.2) is 43.2 Å². The molecule has 0 N–H and O–H groups in total. The number of methoxy groups -OCH3 is 1. The molecule has 1 aliphatic carbocycles. The maximum atomic E-state index is 10.9. The number of nitrogens with zero attached hydrogens (tertiary/aromatic N) is 2. The highest BCUT2D eigenvalue weighted by atomic mass is 16.6. The van der Waals surface area contributed by atoms with Crippen LogP contribution in [0.5, 0.6) is 11.5 Å². The Bertz CT molecular complexity index is 559. The summed E-state index contributed by atoms with van der Waals surface area (Å²) in [4.78, 5) is 12.9. The Morgan fingerprint density at radius 3 is 2.50 bits per heavy atom. The van der Waals surface area contributed by atoms with Crippen LogP contribution in [-0.2, 0) is 0 Å². The molecule has 6 nitrogen and oxygen atoms in total. The number of hydrogen-bond donors (Lipinski definition) is 0. The first-order chi connectivity index (χ1) is 10.5. The molecule has 1 saturated heterocycles. The molecule has 120 valence electrons. The van der Waals surface area contributed by atoms with E-state index in [2.05, 4.69) is 11.9 Å². The summed E-state index contributed by atoms with van der Waals surface area (Å²) < 4.78 is 11.3. The quantitative estimate of drug-likeness (QED) is 0.632. The first kappa shape index (κ1) is 15.1.